The first-order valence-electron chi connectivity index (χ1n) is 6.10. The summed E-state index contributed by atoms with van der Waals surface area (Å²) in [7, 11) is 0. The number of aliphatic hydroxyl groups excluding tert-OH is 1. The van der Waals surface area contributed by atoms with E-state index in [0.29, 0.717) is 19.4 Å². The fourth-order valence-corrected chi connectivity index (χ4v) is 1.74. The van der Waals surface area contributed by atoms with Crippen LogP contribution in [0.4, 0.5) is 4.79 Å². The van der Waals surface area contributed by atoms with Gasteiger partial charge in [0.05, 0.1) is 12.2 Å². The molecule has 1 rings (SSSR count). The van der Waals surface area contributed by atoms with E-state index in [1.807, 2.05) is 6.92 Å². The van der Waals surface area contributed by atoms with Crippen LogP contribution in [-0.4, -0.2) is 29.9 Å². The molecule has 5 heteroatoms. The first-order chi connectivity index (χ1) is 7.72. The molecule has 1 unspecified atom stereocenters. The molecule has 1 saturated carbocycles. The lowest BCUT2D eigenvalue weighted by molar-refractivity contribution is 0.0000519. The average Bonchev–Trinajstić information content (AvgIpc) is 2.79. The van der Waals surface area contributed by atoms with Gasteiger partial charge in [-0.05, 0) is 25.7 Å². The van der Waals surface area contributed by atoms with E-state index in [9.17, 15) is 9.90 Å². The van der Waals surface area contributed by atoms with E-state index in [2.05, 4.69) is 10.8 Å². The van der Waals surface area contributed by atoms with Crippen LogP contribution in [0.2, 0.25) is 0 Å². The molecular formula is C11H22N2O3. The molecule has 3 N–H and O–H groups in total. The van der Waals surface area contributed by atoms with Gasteiger partial charge < -0.3 is 10.4 Å². The smallest absolute Gasteiger partial charge is 0.338 e. The summed E-state index contributed by atoms with van der Waals surface area (Å²) in [6.45, 7) is 2.38. The molecule has 5 nitrogen and oxygen atoms in total. The third-order valence-corrected chi connectivity index (χ3v) is 2.85. The maximum Gasteiger partial charge on any atom is 0.338 e. The summed E-state index contributed by atoms with van der Waals surface area (Å²) in [5.41, 5.74) is 2.38. The number of rotatable bonds is 6. The molecule has 1 fully saturated rings. The summed E-state index contributed by atoms with van der Waals surface area (Å²) < 4.78 is 0. The predicted octanol–water partition coefficient (Wildman–Crippen LogP) is 1.32. The minimum absolute atomic E-state index is 0.173. The zero-order valence-corrected chi connectivity index (χ0v) is 9.87. The molecule has 16 heavy (non-hydrogen) atoms. The number of hydroxylamine groups is 1. The van der Waals surface area contributed by atoms with Crippen LogP contribution in [-0.2, 0) is 4.84 Å². The van der Waals surface area contributed by atoms with Crippen LogP contribution in [0.1, 0.15) is 45.4 Å². The standard InChI is InChI=1S/C11H22N2O3/c1-2-9(14)7-8-12-11(15)13-16-10-5-3-4-6-10/h9-10,14H,2-8H2,1H3,(H2,12,13,15). The van der Waals surface area contributed by atoms with Gasteiger partial charge in [0.2, 0.25) is 0 Å². The van der Waals surface area contributed by atoms with Crippen LogP contribution in [0.25, 0.3) is 0 Å². The van der Waals surface area contributed by atoms with E-state index in [0.717, 1.165) is 12.8 Å². The molecule has 94 valence electrons. The van der Waals surface area contributed by atoms with Crippen molar-refractivity contribution < 1.29 is 14.7 Å². The zero-order valence-electron chi connectivity index (χ0n) is 9.87. The third-order valence-electron chi connectivity index (χ3n) is 2.85. The van der Waals surface area contributed by atoms with Gasteiger partial charge in [0.1, 0.15) is 0 Å². The van der Waals surface area contributed by atoms with Crippen LogP contribution in [0.3, 0.4) is 0 Å². The molecule has 0 aromatic carbocycles. The van der Waals surface area contributed by atoms with Crippen molar-refractivity contribution in [3.63, 3.8) is 0 Å². The van der Waals surface area contributed by atoms with Crippen molar-refractivity contribution in [2.24, 2.45) is 0 Å². The maximum absolute atomic E-state index is 11.2. The lowest BCUT2D eigenvalue weighted by Gasteiger charge is -2.13. The molecule has 1 atom stereocenters. The molecular weight excluding hydrogens is 208 g/mol. The normalized spacial score (nSPS) is 18.4. The largest absolute Gasteiger partial charge is 0.393 e. The summed E-state index contributed by atoms with van der Waals surface area (Å²) in [5, 5.41) is 11.9. The fraction of sp³-hybridized carbons (Fsp3) is 0.909. The Balaban J connectivity index is 1.97. The monoisotopic (exact) mass is 230 g/mol. The molecule has 0 spiro atoms. The van der Waals surface area contributed by atoms with Crippen molar-refractivity contribution in [3.05, 3.63) is 0 Å². The molecule has 1 aliphatic rings. The Hall–Kier alpha value is -0.810. The van der Waals surface area contributed by atoms with Gasteiger partial charge in [-0.2, -0.15) is 0 Å². The van der Waals surface area contributed by atoms with E-state index >= 15 is 0 Å². The van der Waals surface area contributed by atoms with Crippen LogP contribution >= 0.6 is 0 Å². The number of hydrogen-bond acceptors (Lipinski definition) is 3. The zero-order chi connectivity index (χ0) is 11.8. The second kappa shape index (κ2) is 7.46. The van der Waals surface area contributed by atoms with Crippen molar-refractivity contribution in [1.29, 1.82) is 0 Å². The molecule has 0 aromatic rings. The Kier molecular flexibility index (Phi) is 6.18. The molecule has 0 bridgehead atoms. The predicted molar refractivity (Wildman–Crippen MR) is 60.8 cm³/mol. The summed E-state index contributed by atoms with van der Waals surface area (Å²) in [5.74, 6) is 0. The van der Waals surface area contributed by atoms with E-state index in [-0.39, 0.29) is 18.2 Å². The number of aliphatic hydroxyl groups is 1. The Morgan fingerprint density at radius 1 is 1.50 bits per heavy atom. The van der Waals surface area contributed by atoms with Gasteiger partial charge in [0, 0.05) is 6.54 Å². The van der Waals surface area contributed by atoms with Crippen LogP contribution in [0, 0.1) is 0 Å². The fourth-order valence-electron chi connectivity index (χ4n) is 1.74. The molecule has 0 heterocycles. The first kappa shape index (κ1) is 13.3. The van der Waals surface area contributed by atoms with Gasteiger partial charge in [0.15, 0.2) is 0 Å². The number of urea groups is 1. The van der Waals surface area contributed by atoms with E-state index in [1.165, 1.54) is 12.8 Å². The average molecular weight is 230 g/mol. The molecule has 0 radical (unpaired) electrons. The molecule has 1 aliphatic carbocycles. The van der Waals surface area contributed by atoms with Gasteiger partial charge in [-0.1, -0.05) is 19.8 Å². The lowest BCUT2D eigenvalue weighted by Crippen LogP contribution is -2.38. The minimum Gasteiger partial charge on any atom is -0.393 e. The summed E-state index contributed by atoms with van der Waals surface area (Å²) in [4.78, 5) is 16.5. The topological polar surface area (TPSA) is 70.6 Å². The Bertz CT molecular complexity index is 205. The maximum atomic E-state index is 11.2. The van der Waals surface area contributed by atoms with E-state index in [1.54, 1.807) is 0 Å². The summed E-state index contributed by atoms with van der Waals surface area (Å²) >= 11 is 0. The number of hydrogen-bond donors (Lipinski definition) is 3. The highest BCUT2D eigenvalue weighted by Crippen LogP contribution is 2.19. The second-order valence-corrected chi connectivity index (χ2v) is 4.23. The Labute approximate surface area is 96.5 Å². The van der Waals surface area contributed by atoms with Gasteiger partial charge in [0.25, 0.3) is 0 Å². The Morgan fingerprint density at radius 3 is 2.81 bits per heavy atom. The number of carbonyl (C=O) groups excluding carboxylic acids is 1. The first-order valence-corrected chi connectivity index (χ1v) is 6.10. The SMILES string of the molecule is CCC(O)CCNC(=O)NOC1CCCC1. The number of carbonyl (C=O) groups is 1. The third kappa shape index (κ3) is 5.32. The van der Waals surface area contributed by atoms with Crippen molar-refractivity contribution >= 4 is 6.03 Å². The summed E-state index contributed by atoms with van der Waals surface area (Å²) in [6.07, 6.45) is 5.52. The molecule has 0 saturated heterocycles. The van der Waals surface area contributed by atoms with Crippen LogP contribution in [0.5, 0.6) is 0 Å². The van der Waals surface area contributed by atoms with Crippen molar-refractivity contribution in [2.45, 2.75) is 57.7 Å². The van der Waals surface area contributed by atoms with Gasteiger partial charge >= 0.3 is 6.03 Å². The molecule has 0 aromatic heterocycles. The molecule has 2 amide bonds. The highest BCUT2D eigenvalue weighted by Gasteiger charge is 2.16. The minimum atomic E-state index is -0.337. The van der Waals surface area contributed by atoms with E-state index in [4.69, 9.17) is 4.84 Å². The van der Waals surface area contributed by atoms with E-state index < -0.39 is 0 Å². The highest BCUT2D eigenvalue weighted by molar-refractivity contribution is 5.72. The van der Waals surface area contributed by atoms with Crippen molar-refractivity contribution in [1.82, 2.24) is 10.8 Å². The highest BCUT2D eigenvalue weighted by atomic mass is 16.7. The van der Waals surface area contributed by atoms with Gasteiger partial charge in [-0.15, -0.1) is 0 Å². The Morgan fingerprint density at radius 2 is 2.19 bits per heavy atom. The van der Waals surface area contributed by atoms with Crippen LogP contribution in [0.15, 0.2) is 0 Å². The van der Waals surface area contributed by atoms with Crippen LogP contribution < -0.4 is 10.8 Å². The second-order valence-electron chi connectivity index (χ2n) is 4.23. The summed E-state index contributed by atoms with van der Waals surface area (Å²) in [6, 6.07) is -0.324. The quantitative estimate of drug-likeness (QED) is 0.603. The van der Waals surface area contributed by atoms with Crippen molar-refractivity contribution in [2.75, 3.05) is 6.54 Å². The lowest BCUT2D eigenvalue weighted by atomic mass is 10.2. The van der Waals surface area contributed by atoms with Gasteiger partial charge in [-0.3, -0.25) is 4.84 Å². The molecule has 0 aliphatic heterocycles. The number of nitrogens with one attached hydrogen (secondary N) is 2. The van der Waals surface area contributed by atoms with Gasteiger partial charge in [-0.25, -0.2) is 10.3 Å². The number of amides is 2. The van der Waals surface area contributed by atoms with Crippen molar-refractivity contribution in [3.8, 4) is 0 Å².